The molecule has 3 aromatic rings. The van der Waals surface area contributed by atoms with Gasteiger partial charge in [-0.05, 0) is 66.1 Å². The Morgan fingerprint density at radius 2 is 1.30 bits per heavy atom. The number of carbonyl (C=O) groups is 1. The lowest BCUT2D eigenvalue weighted by molar-refractivity contribution is 0.0601. The second-order valence-corrected chi connectivity index (χ2v) is 6.98. The van der Waals surface area contributed by atoms with Crippen LogP contribution in [0, 0.1) is 11.8 Å². The van der Waals surface area contributed by atoms with Crippen LogP contribution in [0.25, 0.3) is 11.1 Å². The molecule has 3 heteroatoms. The topological polar surface area (TPSA) is 35.5 Å². The fraction of sp³-hybridized carbons (Fsp3) is 0.222. The fourth-order valence-corrected chi connectivity index (χ4v) is 2.98. The van der Waals surface area contributed by atoms with Gasteiger partial charge in [0.05, 0.1) is 19.3 Å². The lowest BCUT2D eigenvalue weighted by atomic mass is 10.0. The zero-order chi connectivity index (χ0) is 21.2. The zero-order valence-electron chi connectivity index (χ0n) is 17.5. The van der Waals surface area contributed by atoms with E-state index in [1.165, 1.54) is 20.0 Å². The molecule has 0 aliphatic rings. The minimum Gasteiger partial charge on any atom is -0.494 e. The third-order valence-electron chi connectivity index (χ3n) is 4.75. The Labute approximate surface area is 178 Å². The first kappa shape index (κ1) is 21.2. The molecule has 0 bridgehead atoms. The van der Waals surface area contributed by atoms with Gasteiger partial charge in [0.2, 0.25) is 0 Å². The van der Waals surface area contributed by atoms with Gasteiger partial charge in [-0.1, -0.05) is 55.9 Å². The van der Waals surface area contributed by atoms with E-state index >= 15 is 0 Å². The monoisotopic (exact) mass is 398 g/mol. The molecule has 0 radical (unpaired) electrons. The van der Waals surface area contributed by atoms with Gasteiger partial charge in [-0.15, -0.1) is 0 Å². The maximum absolute atomic E-state index is 11.5. The lowest BCUT2D eigenvalue weighted by Gasteiger charge is -2.05. The average molecular weight is 399 g/mol. The molecule has 0 spiro atoms. The van der Waals surface area contributed by atoms with Crippen LogP contribution in [-0.4, -0.2) is 19.7 Å². The summed E-state index contributed by atoms with van der Waals surface area (Å²) in [4.78, 5) is 11.5. The Bertz CT molecular complexity index is 1000. The predicted octanol–water partition coefficient (Wildman–Crippen LogP) is 6.11. The highest BCUT2D eigenvalue weighted by molar-refractivity contribution is 5.90. The SMILES string of the molecule is CCCCCOc1ccc(C#Cc2ccc(-c3ccc(C(=O)OC)cc3)cc2)cc1. The molecule has 0 aliphatic heterocycles. The molecular weight excluding hydrogens is 372 g/mol. The summed E-state index contributed by atoms with van der Waals surface area (Å²) in [6, 6.07) is 23.3. The molecule has 152 valence electrons. The summed E-state index contributed by atoms with van der Waals surface area (Å²) in [5, 5.41) is 0. The van der Waals surface area contributed by atoms with Crippen LogP contribution in [0.5, 0.6) is 5.75 Å². The Balaban J connectivity index is 1.61. The summed E-state index contributed by atoms with van der Waals surface area (Å²) in [6.45, 7) is 2.95. The molecule has 3 nitrogen and oxygen atoms in total. The number of carbonyl (C=O) groups excluding carboxylic acids is 1. The highest BCUT2D eigenvalue weighted by atomic mass is 16.5. The quantitative estimate of drug-likeness (QED) is 0.274. The second-order valence-electron chi connectivity index (χ2n) is 6.98. The number of rotatable bonds is 7. The first-order valence-corrected chi connectivity index (χ1v) is 10.2. The minimum absolute atomic E-state index is 0.330. The number of methoxy groups -OCH3 is 1. The molecule has 0 aromatic heterocycles. The third-order valence-corrected chi connectivity index (χ3v) is 4.75. The number of ether oxygens (including phenoxy) is 2. The molecule has 30 heavy (non-hydrogen) atoms. The molecule has 0 fully saturated rings. The lowest BCUT2D eigenvalue weighted by Crippen LogP contribution is -2.00. The van der Waals surface area contributed by atoms with Crippen molar-refractivity contribution < 1.29 is 14.3 Å². The standard InChI is InChI=1S/C27H26O3/c1-3-4-5-20-30-26-18-10-22(11-19-26)7-6-21-8-12-23(13-9-21)24-14-16-25(17-15-24)27(28)29-2/h8-19H,3-5,20H2,1-2H3. The van der Waals surface area contributed by atoms with E-state index in [2.05, 4.69) is 18.8 Å². The van der Waals surface area contributed by atoms with E-state index in [0.29, 0.717) is 5.56 Å². The Kier molecular flexibility index (Phi) is 7.69. The number of unbranched alkanes of at least 4 members (excludes halogenated alkanes) is 2. The van der Waals surface area contributed by atoms with E-state index in [1.807, 2.05) is 60.7 Å². The van der Waals surface area contributed by atoms with E-state index in [9.17, 15) is 4.79 Å². The summed E-state index contributed by atoms with van der Waals surface area (Å²) in [6.07, 6.45) is 3.48. The molecule has 0 aliphatic carbocycles. The van der Waals surface area contributed by atoms with E-state index in [0.717, 1.165) is 41.0 Å². The van der Waals surface area contributed by atoms with Crippen molar-refractivity contribution in [2.45, 2.75) is 26.2 Å². The van der Waals surface area contributed by atoms with Crippen molar-refractivity contribution in [3.05, 3.63) is 89.5 Å². The van der Waals surface area contributed by atoms with Crippen LogP contribution in [0.4, 0.5) is 0 Å². The van der Waals surface area contributed by atoms with Crippen LogP contribution >= 0.6 is 0 Å². The molecule has 0 unspecified atom stereocenters. The van der Waals surface area contributed by atoms with Gasteiger partial charge in [-0.3, -0.25) is 0 Å². The highest BCUT2D eigenvalue weighted by Gasteiger charge is 2.05. The molecule has 3 aromatic carbocycles. The van der Waals surface area contributed by atoms with Crippen LogP contribution in [-0.2, 0) is 4.74 Å². The number of benzene rings is 3. The molecule has 0 amide bonds. The Morgan fingerprint density at radius 1 is 0.767 bits per heavy atom. The molecule has 0 saturated carbocycles. The minimum atomic E-state index is -0.330. The van der Waals surface area contributed by atoms with Crippen molar-refractivity contribution in [1.82, 2.24) is 0 Å². The van der Waals surface area contributed by atoms with Gasteiger partial charge in [0.1, 0.15) is 5.75 Å². The Morgan fingerprint density at radius 3 is 1.83 bits per heavy atom. The normalized spacial score (nSPS) is 10.1. The summed E-state index contributed by atoms with van der Waals surface area (Å²) in [5.41, 5.74) is 4.56. The number of hydrogen-bond acceptors (Lipinski definition) is 3. The van der Waals surface area contributed by atoms with Crippen molar-refractivity contribution in [3.63, 3.8) is 0 Å². The van der Waals surface area contributed by atoms with Crippen LogP contribution in [0.2, 0.25) is 0 Å². The molecule has 3 rings (SSSR count). The molecule has 0 atom stereocenters. The van der Waals surface area contributed by atoms with Crippen molar-refractivity contribution >= 4 is 5.97 Å². The van der Waals surface area contributed by atoms with Crippen molar-refractivity contribution in [2.24, 2.45) is 0 Å². The van der Waals surface area contributed by atoms with E-state index in [1.54, 1.807) is 12.1 Å². The van der Waals surface area contributed by atoms with Gasteiger partial charge in [-0.2, -0.15) is 0 Å². The summed E-state index contributed by atoms with van der Waals surface area (Å²) in [7, 11) is 1.38. The Hall–Kier alpha value is -3.51. The van der Waals surface area contributed by atoms with Crippen molar-refractivity contribution in [2.75, 3.05) is 13.7 Å². The van der Waals surface area contributed by atoms with E-state index in [4.69, 9.17) is 9.47 Å². The molecular formula is C27H26O3. The van der Waals surface area contributed by atoms with Gasteiger partial charge in [0.25, 0.3) is 0 Å². The first-order valence-electron chi connectivity index (χ1n) is 10.2. The van der Waals surface area contributed by atoms with E-state index < -0.39 is 0 Å². The number of esters is 1. The molecule has 0 N–H and O–H groups in total. The molecule has 0 heterocycles. The van der Waals surface area contributed by atoms with Crippen LogP contribution in [0.1, 0.15) is 47.7 Å². The second kappa shape index (κ2) is 10.9. The van der Waals surface area contributed by atoms with Gasteiger partial charge < -0.3 is 9.47 Å². The largest absolute Gasteiger partial charge is 0.494 e. The third kappa shape index (κ3) is 5.99. The predicted molar refractivity (Wildman–Crippen MR) is 121 cm³/mol. The summed E-state index contributed by atoms with van der Waals surface area (Å²) >= 11 is 0. The maximum atomic E-state index is 11.5. The fourth-order valence-electron chi connectivity index (χ4n) is 2.98. The van der Waals surface area contributed by atoms with Gasteiger partial charge in [0.15, 0.2) is 0 Å². The molecule has 0 saturated heterocycles. The van der Waals surface area contributed by atoms with Crippen LogP contribution in [0.3, 0.4) is 0 Å². The summed E-state index contributed by atoms with van der Waals surface area (Å²) < 4.78 is 10.5. The van der Waals surface area contributed by atoms with Gasteiger partial charge in [-0.25, -0.2) is 4.79 Å². The summed E-state index contributed by atoms with van der Waals surface area (Å²) in [5.74, 6) is 6.95. The van der Waals surface area contributed by atoms with Gasteiger partial charge in [0, 0.05) is 11.1 Å². The zero-order valence-corrected chi connectivity index (χ0v) is 17.5. The van der Waals surface area contributed by atoms with Crippen LogP contribution < -0.4 is 4.74 Å². The first-order chi connectivity index (χ1) is 14.7. The average Bonchev–Trinajstić information content (AvgIpc) is 2.81. The number of hydrogen-bond donors (Lipinski definition) is 0. The van der Waals surface area contributed by atoms with Crippen molar-refractivity contribution in [1.29, 1.82) is 0 Å². The van der Waals surface area contributed by atoms with E-state index in [-0.39, 0.29) is 5.97 Å². The maximum Gasteiger partial charge on any atom is 0.337 e. The van der Waals surface area contributed by atoms with Crippen LogP contribution in [0.15, 0.2) is 72.8 Å². The van der Waals surface area contributed by atoms with Gasteiger partial charge >= 0.3 is 5.97 Å². The van der Waals surface area contributed by atoms with Crippen molar-refractivity contribution in [3.8, 4) is 28.7 Å². The smallest absolute Gasteiger partial charge is 0.337 e. The highest BCUT2D eigenvalue weighted by Crippen LogP contribution is 2.20.